The third kappa shape index (κ3) is 8.37. The monoisotopic (exact) mass is 698 g/mol. The van der Waals surface area contributed by atoms with Crippen molar-refractivity contribution in [2.45, 2.75) is 80.6 Å². The molecule has 0 saturated heterocycles. The van der Waals surface area contributed by atoms with Crippen LogP contribution < -0.4 is 0 Å². The number of rotatable bonds is 3. The van der Waals surface area contributed by atoms with Crippen molar-refractivity contribution in [1.29, 1.82) is 0 Å². The van der Waals surface area contributed by atoms with Gasteiger partial charge in [0.2, 0.25) is 0 Å². The summed E-state index contributed by atoms with van der Waals surface area (Å²) in [6.07, 6.45) is 0. The van der Waals surface area contributed by atoms with Crippen LogP contribution in [0.1, 0.15) is 79.5 Å². The van der Waals surface area contributed by atoms with Gasteiger partial charge < -0.3 is 14.9 Å². The maximum atomic E-state index is 3.06. The van der Waals surface area contributed by atoms with Gasteiger partial charge >= 0.3 is 30.2 Å². The first-order chi connectivity index (χ1) is 20.8. The quantitative estimate of drug-likeness (QED) is 0.127. The Labute approximate surface area is 297 Å². The molecular weight excluding hydrogens is 648 g/mol. The zero-order valence-corrected chi connectivity index (χ0v) is 33.7. The van der Waals surface area contributed by atoms with Gasteiger partial charge in [0, 0.05) is 0 Å². The summed E-state index contributed by atoms with van der Waals surface area (Å²) in [7, 11) is 0. The molecule has 0 heterocycles. The van der Waals surface area contributed by atoms with Gasteiger partial charge in [0.15, 0.2) is 0 Å². The Bertz CT molecular complexity index is 1890. The van der Waals surface area contributed by atoms with Crippen molar-refractivity contribution in [3.05, 3.63) is 145 Å². The van der Waals surface area contributed by atoms with Gasteiger partial charge in [-0.2, -0.15) is 12.1 Å². The first-order valence-electron chi connectivity index (χ1n) is 15.6. The molecule has 6 aromatic rings. The molecule has 0 spiro atoms. The molecule has 0 saturated carbocycles. The fraction of sp³-hybridized carbons (Fsp3) is 0.273. The Balaban J connectivity index is 0.000000292. The van der Waals surface area contributed by atoms with E-state index >= 15 is 0 Å². The van der Waals surface area contributed by atoms with Crippen LogP contribution in [-0.4, -0.2) is 6.88 Å². The number of aryl methyl sites for hydroxylation is 3. The molecule has 240 valence electrons. The Morgan fingerprint density at radius 2 is 1.24 bits per heavy atom. The summed E-state index contributed by atoms with van der Waals surface area (Å²) in [5.41, 5.74) is 15.3. The number of hydrogen-bond donors (Lipinski definition) is 0. The van der Waals surface area contributed by atoms with Gasteiger partial charge in [-0.15, -0.1) is 68.6 Å². The molecule has 0 N–H and O–H groups in total. The van der Waals surface area contributed by atoms with Crippen LogP contribution in [0.4, 0.5) is 0 Å². The average molecular weight is 700 g/mol. The summed E-state index contributed by atoms with van der Waals surface area (Å²) < 4.78 is 0. The van der Waals surface area contributed by atoms with E-state index in [-0.39, 0.29) is 20.3 Å². The van der Waals surface area contributed by atoms with Crippen LogP contribution in [0, 0.1) is 49.5 Å². The molecule has 0 unspecified atom stereocenters. The molecule has 6 rings (SSSR count). The average Bonchev–Trinajstić information content (AvgIpc) is 3.62. The molecule has 0 amide bonds. The molecule has 0 aromatic heterocycles. The van der Waals surface area contributed by atoms with Crippen LogP contribution in [0.3, 0.4) is 0 Å². The molecule has 0 aliphatic rings. The number of hydrogen-bond acceptors (Lipinski definition) is 0. The zero-order chi connectivity index (χ0) is 32.3. The maximum absolute atomic E-state index is 3.06. The summed E-state index contributed by atoms with van der Waals surface area (Å²) in [6, 6.07) is 34.0. The van der Waals surface area contributed by atoms with Crippen molar-refractivity contribution in [2.24, 2.45) is 0 Å². The van der Waals surface area contributed by atoms with Gasteiger partial charge in [-0.25, -0.2) is 0 Å². The van der Waals surface area contributed by atoms with E-state index in [2.05, 4.69) is 167 Å². The molecule has 46 heavy (non-hydrogen) atoms. The predicted octanol–water partition coefficient (Wildman–Crippen LogP) is 12.9. The fourth-order valence-corrected chi connectivity index (χ4v) is 6.06. The summed E-state index contributed by atoms with van der Waals surface area (Å²) in [6.45, 7) is 25.4. The minimum atomic E-state index is 0. The Kier molecular flexibility index (Phi) is 14.0. The van der Waals surface area contributed by atoms with E-state index in [1.54, 1.807) is 0 Å². The van der Waals surface area contributed by atoms with Crippen LogP contribution in [0.25, 0.3) is 43.8 Å². The van der Waals surface area contributed by atoms with Crippen LogP contribution >= 0.6 is 0 Å². The van der Waals surface area contributed by atoms with Crippen molar-refractivity contribution >= 4 is 28.4 Å². The molecule has 0 atom stereocenters. The topological polar surface area (TPSA) is 0 Å². The van der Waals surface area contributed by atoms with Gasteiger partial charge in [0.1, 0.15) is 0 Å². The second-order valence-corrected chi connectivity index (χ2v) is 13.5. The van der Waals surface area contributed by atoms with E-state index in [9.17, 15) is 0 Å². The van der Waals surface area contributed by atoms with Gasteiger partial charge in [-0.05, 0) is 65.5 Å². The molecule has 6 aromatic carbocycles. The van der Waals surface area contributed by atoms with Crippen LogP contribution in [0.5, 0.6) is 0 Å². The van der Waals surface area contributed by atoms with Crippen molar-refractivity contribution in [2.75, 3.05) is 0 Å². The summed E-state index contributed by atoms with van der Waals surface area (Å²) in [5.74, 6) is 0.575. The third-order valence-corrected chi connectivity index (χ3v) is 9.10. The first-order valence-corrected chi connectivity index (χ1v) is 19.8. The van der Waals surface area contributed by atoms with E-state index in [1.165, 1.54) is 106 Å². The van der Waals surface area contributed by atoms with Crippen molar-refractivity contribution in [3.8, 4) is 22.3 Å². The van der Waals surface area contributed by atoms with Gasteiger partial charge in [0.25, 0.3) is 0 Å². The van der Waals surface area contributed by atoms with E-state index in [0.29, 0.717) is 5.92 Å². The Morgan fingerprint density at radius 3 is 1.85 bits per heavy atom. The molecule has 0 fully saturated rings. The zero-order valence-electron chi connectivity index (χ0n) is 30.2. The molecule has 2 radical (unpaired) electrons. The molecule has 0 aliphatic carbocycles. The summed E-state index contributed by atoms with van der Waals surface area (Å²) >= 11 is 1.36. The van der Waals surface area contributed by atoms with Crippen LogP contribution in [0.15, 0.2) is 91.0 Å². The van der Waals surface area contributed by atoms with Crippen LogP contribution in [0.2, 0.25) is 0 Å². The van der Waals surface area contributed by atoms with E-state index in [0.717, 1.165) is 0 Å². The molecule has 0 aliphatic heterocycles. The van der Waals surface area contributed by atoms with Gasteiger partial charge in [-0.1, -0.05) is 108 Å². The Morgan fingerprint density at radius 1 is 0.630 bits per heavy atom. The van der Waals surface area contributed by atoms with Crippen LogP contribution in [-0.2, 0) is 28.8 Å². The standard InChI is InChI=1S/2C21H23.2CH3.Si.Zr/c1-14-12-19-15(2)6-11-18(20(19)13-14)16-7-9-17(10-8-16)21(3,4)5;1-13(2)18-11-17-7-6-8-20(21(17)12-18)19-10-9-14(3)15(4)16(19)5;;;;/h2*6-13H,1-5H3;2*1H3;;/q4*-1;;. The number of benzene rings is 4. The van der Waals surface area contributed by atoms with Crippen molar-refractivity contribution in [1.82, 2.24) is 0 Å². The molecule has 2 heteroatoms. The summed E-state index contributed by atoms with van der Waals surface area (Å²) in [4.78, 5) is 0. The second kappa shape index (κ2) is 16.3. The molecule has 0 nitrogen and oxygen atoms in total. The van der Waals surface area contributed by atoms with Crippen molar-refractivity contribution < 1.29 is 23.3 Å². The van der Waals surface area contributed by atoms with E-state index < -0.39 is 0 Å². The minimum absolute atomic E-state index is 0. The van der Waals surface area contributed by atoms with Gasteiger partial charge in [-0.3, -0.25) is 0 Å². The summed E-state index contributed by atoms with van der Waals surface area (Å²) in [5, 5.41) is 5.49. The second-order valence-electron chi connectivity index (χ2n) is 13.5. The fourth-order valence-electron chi connectivity index (χ4n) is 6.06. The molecule has 0 bridgehead atoms. The third-order valence-electron chi connectivity index (χ3n) is 9.10. The first kappa shape index (κ1) is 39.4. The SMILES string of the molecule is Cc1cc2c(-c3ccc(C(C)(C)C)cc3)ccc(C)c2[cH-]1.Cc1ccc(-c2cccc3[cH-]c(C(C)C)cc23)c(C)c1C.[CH3-].[CH3-].[Si]=[Zr]. The number of fused-ring (bicyclic) bond motifs is 2. The predicted molar refractivity (Wildman–Crippen MR) is 205 cm³/mol. The van der Waals surface area contributed by atoms with E-state index in [1.807, 2.05) is 0 Å². The normalized spacial score (nSPS) is 10.8. The molecular formula is C44H52SiZr-4. The Hall–Kier alpha value is -2.80. The van der Waals surface area contributed by atoms with E-state index in [4.69, 9.17) is 0 Å². The van der Waals surface area contributed by atoms with Crippen molar-refractivity contribution in [3.63, 3.8) is 0 Å². The van der Waals surface area contributed by atoms with Gasteiger partial charge in [0.05, 0.1) is 0 Å².